The Morgan fingerprint density at radius 3 is 0.400 bits per heavy atom. The Kier molecular flexibility index (Phi) is 39.1. The number of rotatable bonds is 32. The van der Waals surface area contributed by atoms with E-state index in [-0.39, 0.29) is 47.9 Å². The zero-order chi connectivity index (χ0) is 51.3. The fraction of sp³-hybridized carbons (Fsp3) is 0.929. The summed E-state index contributed by atoms with van der Waals surface area (Å²) in [4.78, 5) is 46.9. The molecule has 0 heterocycles. The molecule has 0 rings (SSSR count). The van der Waals surface area contributed by atoms with E-state index in [1.807, 2.05) is 55.4 Å². The molecule has 0 aromatic heterocycles. The molecule has 0 aliphatic carbocycles. The molecule has 0 aliphatic rings. The molecule has 4 N–H and O–H groups in total. The SMILES string of the molecule is CCCC(CC)(CC)C(CC)(CC)C(=O)O.CCCC(CC)(CC)C(CC)(CC)C(=O)O.CCCC(CC)(CC)C(CC)(CC)C(=O)O.CCCC(CC)(CC)C(CC)(CC)C(=O)O.[Zr]. The number of carbonyl (C=O) groups is 4. The van der Waals surface area contributed by atoms with Crippen LogP contribution in [0.2, 0.25) is 0 Å². The van der Waals surface area contributed by atoms with E-state index in [1.165, 1.54) is 0 Å². The Morgan fingerprint density at radius 1 is 0.246 bits per heavy atom. The van der Waals surface area contributed by atoms with Gasteiger partial charge in [0.15, 0.2) is 0 Å². The van der Waals surface area contributed by atoms with Gasteiger partial charge in [-0.3, -0.25) is 19.2 Å². The maximum absolute atomic E-state index is 11.7. The minimum atomic E-state index is -0.602. The van der Waals surface area contributed by atoms with Gasteiger partial charge in [-0.15, -0.1) is 0 Å². The second-order valence-corrected chi connectivity index (χ2v) is 19.3. The fourth-order valence-corrected chi connectivity index (χ4v) is 14.1. The van der Waals surface area contributed by atoms with Crippen LogP contribution in [-0.4, -0.2) is 44.3 Å². The van der Waals surface area contributed by atoms with Crippen molar-refractivity contribution in [1.82, 2.24) is 0 Å². The standard InChI is InChI=1S/4C14H28O2.Zr/c4*1-6-11-13(7-2,8-3)14(9-4,10-5)12(15)16;/h4*6-11H2,1-5H3,(H,15,16);. The molecule has 8 nitrogen and oxygen atoms in total. The first kappa shape index (κ1) is 72.7. The largest absolute Gasteiger partial charge is 0.481 e. The van der Waals surface area contributed by atoms with Gasteiger partial charge in [-0.2, -0.15) is 0 Å². The second kappa shape index (κ2) is 35.0. The van der Waals surface area contributed by atoms with Crippen molar-refractivity contribution in [3.8, 4) is 0 Å². The van der Waals surface area contributed by atoms with Crippen LogP contribution in [0, 0.1) is 43.3 Å². The van der Waals surface area contributed by atoms with Crippen LogP contribution in [-0.2, 0) is 45.4 Å². The third-order valence-corrected chi connectivity index (χ3v) is 18.9. The van der Waals surface area contributed by atoms with Gasteiger partial charge in [-0.1, -0.05) is 164 Å². The Morgan fingerprint density at radius 2 is 0.354 bits per heavy atom. The smallest absolute Gasteiger partial charge is 0.310 e. The number of hydrogen-bond donors (Lipinski definition) is 4. The summed E-state index contributed by atoms with van der Waals surface area (Å²) in [5.41, 5.74) is -2.26. The van der Waals surface area contributed by atoms with Gasteiger partial charge in [0.25, 0.3) is 0 Å². The first-order valence-corrected chi connectivity index (χ1v) is 26.9. The van der Waals surface area contributed by atoms with Crippen molar-refractivity contribution < 1.29 is 65.8 Å². The van der Waals surface area contributed by atoms with Gasteiger partial charge in [0, 0.05) is 26.2 Å². The van der Waals surface area contributed by atoms with Gasteiger partial charge in [-0.05, 0) is 150 Å². The molecule has 0 spiro atoms. The molecule has 0 saturated heterocycles. The molecule has 0 fully saturated rings. The molecular formula is C56H112O8Zr. The topological polar surface area (TPSA) is 149 Å². The normalized spacial score (nSPS) is 12.6. The van der Waals surface area contributed by atoms with Crippen LogP contribution in [0.4, 0.5) is 0 Å². The van der Waals surface area contributed by atoms with Crippen molar-refractivity contribution in [3.63, 3.8) is 0 Å². The first-order valence-electron chi connectivity index (χ1n) is 26.9. The molecule has 0 atom stereocenters. The van der Waals surface area contributed by atoms with E-state index >= 15 is 0 Å². The summed E-state index contributed by atoms with van der Waals surface area (Å²) in [6, 6.07) is 0. The molecule has 0 radical (unpaired) electrons. The van der Waals surface area contributed by atoms with E-state index in [0.29, 0.717) is 0 Å². The third-order valence-electron chi connectivity index (χ3n) is 18.9. The fourth-order valence-electron chi connectivity index (χ4n) is 14.1. The maximum atomic E-state index is 11.7. The summed E-state index contributed by atoms with van der Waals surface area (Å²) in [6.07, 6.45) is 22.0. The van der Waals surface area contributed by atoms with Crippen molar-refractivity contribution in [2.24, 2.45) is 43.3 Å². The monoisotopic (exact) mass is 1000 g/mol. The van der Waals surface area contributed by atoms with Gasteiger partial charge < -0.3 is 20.4 Å². The molecule has 0 amide bonds. The number of hydrogen-bond acceptors (Lipinski definition) is 4. The molecule has 9 heteroatoms. The van der Waals surface area contributed by atoms with Crippen LogP contribution < -0.4 is 0 Å². The summed E-state index contributed by atoms with van der Waals surface area (Å²) in [6.45, 7) is 41.9. The predicted molar refractivity (Wildman–Crippen MR) is 274 cm³/mol. The van der Waals surface area contributed by atoms with E-state index in [4.69, 9.17) is 0 Å². The van der Waals surface area contributed by atoms with E-state index < -0.39 is 45.5 Å². The maximum Gasteiger partial charge on any atom is 0.310 e. The molecule has 0 unspecified atom stereocenters. The van der Waals surface area contributed by atoms with Crippen molar-refractivity contribution >= 4 is 23.9 Å². The molecule has 65 heavy (non-hydrogen) atoms. The van der Waals surface area contributed by atoms with E-state index in [9.17, 15) is 39.6 Å². The minimum Gasteiger partial charge on any atom is -0.481 e. The molecular weight excluding hydrogens is 892 g/mol. The second-order valence-electron chi connectivity index (χ2n) is 19.3. The summed E-state index contributed by atoms with van der Waals surface area (Å²) >= 11 is 0. The Labute approximate surface area is 423 Å². The number of carboxylic acid groups (broad SMARTS) is 4. The zero-order valence-electron chi connectivity index (χ0n) is 46.9. The van der Waals surface area contributed by atoms with Gasteiger partial charge >= 0.3 is 23.9 Å². The quantitative estimate of drug-likeness (QED) is 0.0520. The van der Waals surface area contributed by atoms with Crippen LogP contribution >= 0.6 is 0 Å². The summed E-state index contributed by atoms with van der Waals surface area (Å²) in [7, 11) is 0. The van der Waals surface area contributed by atoms with E-state index in [2.05, 4.69) is 83.1 Å². The van der Waals surface area contributed by atoms with Crippen molar-refractivity contribution in [1.29, 1.82) is 0 Å². The Bertz CT molecular complexity index is 1050. The molecule has 0 aromatic rings. The average molecular weight is 1000 g/mol. The molecule has 0 bridgehead atoms. The predicted octanol–water partition coefficient (Wildman–Crippen LogP) is 17.9. The number of aliphatic carboxylic acids is 4. The molecule has 388 valence electrons. The van der Waals surface area contributed by atoms with Gasteiger partial charge in [0.2, 0.25) is 0 Å². The van der Waals surface area contributed by atoms with Crippen LogP contribution in [0.15, 0.2) is 0 Å². The van der Waals surface area contributed by atoms with Crippen LogP contribution in [0.1, 0.15) is 293 Å². The summed E-state index contributed by atoms with van der Waals surface area (Å²) in [5.74, 6) is -2.41. The number of carboxylic acids is 4. The molecule has 0 aliphatic heterocycles. The third kappa shape index (κ3) is 15.4. The van der Waals surface area contributed by atoms with Crippen LogP contribution in [0.5, 0.6) is 0 Å². The Balaban J connectivity index is -0.000000245. The van der Waals surface area contributed by atoms with Crippen LogP contribution in [0.25, 0.3) is 0 Å². The Hall–Kier alpha value is -1.24. The van der Waals surface area contributed by atoms with E-state index in [1.54, 1.807) is 0 Å². The van der Waals surface area contributed by atoms with Crippen molar-refractivity contribution in [3.05, 3.63) is 0 Å². The van der Waals surface area contributed by atoms with E-state index in [0.717, 1.165) is 154 Å². The van der Waals surface area contributed by atoms with Gasteiger partial charge in [-0.25, -0.2) is 0 Å². The average Bonchev–Trinajstić information content (AvgIpc) is 3.29. The van der Waals surface area contributed by atoms with Crippen molar-refractivity contribution in [2.75, 3.05) is 0 Å². The van der Waals surface area contributed by atoms with Gasteiger partial charge in [0.1, 0.15) is 0 Å². The van der Waals surface area contributed by atoms with Crippen LogP contribution in [0.3, 0.4) is 0 Å². The zero-order valence-corrected chi connectivity index (χ0v) is 49.4. The molecule has 0 aromatic carbocycles. The molecule has 0 saturated carbocycles. The minimum absolute atomic E-state index is 0. The first-order chi connectivity index (χ1) is 30.0. The van der Waals surface area contributed by atoms with Crippen molar-refractivity contribution in [2.45, 2.75) is 293 Å². The summed E-state index contributed by atoms with van der Waals surface area (Å²) in [5, 5.41) is 38.6. The van der Waals surface area contributed by atoms with Gasteiger partial charge in [0.05, 0.1) is 21.7 Å². The summed E-state index contributed by atoms with van der Waals surface area (Å²) < 4.78 is 0.